The minimum atomic E-state index is -0.199. The molecule has 0 fully saturated rings. The summed E-state index contributed by atoms with van der Waals surface area (Å²) in [6, 6.07) is 11.3. The lowest BCUT2D eigenvalue weighted by Gasteiger charge is -2.14. The summed E-state index contributed by atoms with van der Waals surface area (Å²) < 4.78 is 19.5. The number of ether oxygens (including phenoxy) is 1. The van der Waals surface area contributed by atoms with Gasteiger partial charge in [0.2, 0.25) is 0 Å². The van der Waals surface area contributed by atoms with Crippen LogP contribution in [-0.4, -0.2) is 0 Å². The van der Waals surface area contributed by atoms with Gasteiger partial charge in [-0.05, 0) is 57.0 Å². The van der Waals surface area contributed by atoms with E-state index in [1.54, 1.807) is 6.07 Å². The third-order valence-corrected chi connectivity index (χ3v) is 5.23. The van der Waals surface area contributed by atoms with Gasteiger partial charge in [0.1, 0.15) is 5.82 Å². The first kappa shape index (κ1) is 13.5. The molecule has 1 atom stereocenters. The van der Waals surface area contributed by atoms with Gasteiger partial charge in [0.05, 0.1) is 18.0 Å². The minimum absolute atomic E-state index is 0.0749. The van der Waals surface area contributed by atoms with Gasteiger partial charge in [-0.15, -0.1) is 0 Å². The molecule has 3 rings (SSSR count). The van der Waals surface area contributed by atoms with Crippen LogP contribution in [0.4, 0.5) is 4.39 Å². The zero-order valence-corrected chi connectivity index (χ0v) is 13.7. The van der Waals surface area contributed by atoms with Gasteiger partial charge in [-0.2, -0.15) is 0 Å². The Labute approximate surface area is 133 Å². The first-order chi connectivity index (χ1) is 9.15. The fraction of sp³-hybridized carbons (Fsp3) is 0.200. The number of benzene rings is 2. The molecule has 0 aromatic heterocycles. The fourth-order valence-electron chi connectivity index (χ4n) is 2.24. The van der Waals surface area contributed by atoms with Gasteiger partial charge in [0, 0.05) is 3.57 Å². The van der Waals surface area contributed by atoms with Crippen LogP contribution in [0.3, 0.4) is 0 Å². The third-order valence-electron chi connectivity index (χ3n) is 3.27. The van der Waals surface area contributed by atoms with Crippen LogP contribution in [0.1, 0.15) is 27.1 Å². The van der Waals surface area contributed by atoms with Crippen molar-refractivity contribution < 1.29 is 9.13 Å². The maximum Gasteiger partial charge on any atom is 0.124 e. The van der Waals surface area contributed by atoms with Gasteiger partial charge in [-0.25, -0.2) is 4.39 Å². The highest BCUT2D eigenvalue weighted by Gasteiger charge is 2.17. The second kappa shape index (κ2) is 5.50. The Morgan fingerprint density at radius 2 is 1.89 bits per heavy atom. The highest BCUT2D eigenvalue weighted by atomic mass is 127. The zero-order chi connectivity index (χ0) is 13.4. The molecule has 1 aliphatic rings. The summed E-state index contributed by atoms with van der Waals surface area (Å²) in [5.41, 5.74) is 4.77. The Morgan fingerprint density at radius 3 is 2.68 bits per heavy atom. The molecule has 0 N–H and O–H groups in total. The molecule has 4 heteroatoms. The number of alkyl halides is 1. The number of halogens is 3. The van der Waals surface area contributed by atoms with E-state index in [-0.39, 0.29) is 10.6 Å². The molecule has 0 bridgehead atoms. The molecule has 1 nitrogen and oxygen atoms in total. The maximum atomic E-state index is 13.2. The summed E-state index contributed by atoms with van der Waals surface area (Å²) in [7, 11) is 0. The minimum Gasteiger partial charge on any atom is -0.372 e. The van der Waals surface area contributed by atoms with Gasteiger partial charge in [-0.3, -0.25) is 0 Å². The van der Waals surface area contributed by atoms with E-state index < -0.39 is 0 Å². The van der Waals surface area contributed by atoms with Crippen LogP contribution in [0.15, 0.2) is 36.4 Å². The smallest absolute Gasteiger partial charge is 0.124 e. The summed E-state index contributed by atoms with van der Waals surface area (Å²) in [5.74, 6) is -0.199. The van der Waals surface area contributed by atoms with Crippen LogP contribution in [-0.2, 0) is 18.0 Å². The van der Waals surface area contributed by atoms with Crippen molar-refractivity contribution in [1.29, 1.82) is 0 Å². The molecule has 2 aromatic carbocycles. The van der Waals surface area contributed by atoms with Crippen LogP contribution in [0.2, 0.25) is 0 Å². The highest BCUT2D eigenvalue weighted by Crippen LogP contribution is 2.35. The SMILES string of the molecule is Fc1ccc(C(Br)c2ccc3c(c2)COC3)c(I)c1. The van der Waals surface area contributed by atoms with E-state index in [0.717, 1.165) is 9.13 Å². The Morgan fingerprint density at radius 1 is 1.11 bits per heavy atom. The average molecular weight is 433 g/mol. The van der Waals surface area contributed by atoms with E-state index >= 15 is 0 Å². The molecule has 1 aliphatic heterocycles. The van der Waals surface area contributed by atoms with E-state index in [1.807, 2.05) is 6.07 Å². The summed E-state index contributed by atoms with van der Waals surface area (Å²) >= 11 is 5.88. The second-order valence-electron chi connectivity index (χ2n) is 4.55. The first-order valence-corrected chi connectivity index (χ1v) is 7.93. The number of fused-ring (bicyclic) bond motifs is 1. The molecule has 2 aromatic rings. The molecule has 1 unspecified atom stereocenters. The molecule has 0 saturated carbocycles. The monoisotopic (exact) mass is 432 g/mol. The van der Waals surface area contributed by atoms with Crippen molar-refractivity contribution in [1.82, 2.24) is 0 Å². The summed E-state index contributed by atoms with van der Waals surface area (Å²) in [6.45, 7) is 1.39. The van der Waals surface area contributed by atoms with E-state index in [1.165, 1.54) is 22.8 Å². The van der Waals surface area contributed by atoms with Crippen LogP contribution in [0.25, 0.3) is 0 Å². The van der Waals surface area contributed by atoms with Gasteiger partial charge < -0.3 is 4.74 Å². The van der Waals surface area contributed by atoms with Crippen molar-refractivity contribution >= 4 is 38.5 Å². The van der Waals surface area contributed by atoms with Crippen molar-refractivity contribution in [3.8, 4) is 0 Å². The lowest BCUT2D eigenvalue weighted by atomic mass is 10.0. The van der Waals surface area contributed by atoms with E-state index in [2.05, 4.69) is 56.7 Å². The van der Waals surface area contributed by atoms with Gasteiger partial charge in [0.15, 0.2) is 0 Å². The maximum absolute atomic E-state index is 13.2. The molecule has 19 heavy (non-hydrogen) atoms. The van der Waals surface area contributed by atoms with Crippen LogP contribution >= 0.6 is 38.5 Å². The molecule has 0 radical (unpaired) electrons. The molecule has 1 heterocycles. The molecule has 0 aliphatic carbocycles. The Kier molecular flexibility index (Phi) is 3.91. The van der Waals surface area contributed by atoms with E-state index in [9.17, 15) is 4.39 Å². The van der Waals surface area contributed by atoms with Crippen LogP contribution in [0.5, 0.6) is 0 Å². The lowest BCUT2D eigenvalue weighted by Crippen LogP contribution is -1.98. The summed E-state index contributed by atoms with van der Waals surface area (Å²) in [6.07, 6.45) is 0. The normalized spacial score (nSPS) is 15.3. The van der Waals surface area contributed by atoms with Crippen molar-refractivity contribution in [2.75, 3.05) is 0 Å². The molecular formula is C15H11BrFIO. The Bertz CT molecular complexity index is 630. The number of rotatable bonds is 2. The average Bonchev–Trinajstić information content (AvgIpc) is 2.85. The van der Waals surface area contributed by atoms with Crippen molar-refractivity contribution in [3.63, 3.8) is 0 Å². The molecule has 0 amide bonds. The first-order valence-electron chi connectivity index (χ1n) is 5.93. The summed E-state index contributed by atoms with van der Waals surface area (Å²) in [5, 5.41) is 0. The highest BCUT2D eigenvalue weighted by molar-refractivity contribution is 14.1. The fourth-order valence-corrected chi connectivity index (χ4v) is 4.14. The van der Waals surface area contributed by atoms with Gasteiger partial charge >= 0.3 is 0 Å². The van der Waals surface area contributed by atoms with Crippen molar-refractivity contribution in [2.24, 2.45) is 0 Å². The van der Waals surface area contributed by atoms with Gasteiger partial charge in [-0.1, -0.05) is 40.2 Å². The molecular weight excluding hydrogens is 422 g/mol. The van der Waals surface area contributed by atoms with E-state index in [0.29, 0.717) is 13.2 Å². The molecule has 0 saturated heterocycles. The number of hydrogen-bond acceptors (Lipinski definition) is 1. The van der Waals surface area contributed by atoms with Crippen LogP contribution in [0, 0.1) is 9.39 Å². The molecule has 0 spiro atoms. The van der Waals surface area contributed by atoms with E-state index in [4.69, 9.17) is 4.74 Å². The topological polar surface area (TPSA) is 9.23 Å². The second-order valence-corrected chi connectivity index (χ2v) is 6.63. The summed E-state index contributed by atoms with van der Waals surface area (Å²) in [4.78, 5) is 0.0749. The Hall–Kier alpha value is -0.460. The standard InChI is InChI=1S/C15H11BrFIO/c16-15(13-4-3-12(17)6-14(13)18)9-1-2-10-7-19-8-11(10)5-9/h1-6,15H,7-8H2. The van der Waals surface area contributed by atoms with Crippen LogP contribution < -0.4 is 0 Å². The lowest BCUT2D eigenvalue weighted by molar-refractivity contribution is 0.134. The largest absolute Gasteiger partial charge is 0.372 e. The van der Waals surface area contributed by atoms with Crippen molar-refractivity contribution in [3.05, 3.63) is 68.0 Å². The quantitative estimate of drug-likeness (QED) is 0.482. The molecule has 98 valence electrons. The predicted octanol–water partition coefficient (Wildman–Crippen LogP) is 4.94. The number of hydrogen-bond donors (Lipinski definition) is 0. The zero-order valence-electron chi connectivity index (χ0n) is 10.00. The Balaban J connectivity index is 1.97. The van der Waals surface area contributed by atoms with Gasteiger partial charge in [0.25, 0.3) is 0 Å². The third kappa shape index (κ3) is 2.71. The predicted molar refractivity (Wildman–Crippen MR) is 84.8 cm³/mol. The van der Waals surface area contributed by atoms with Crippen molar-refractivity contribution in [2.45, 2.75) is 18.0 Å².